The molecule has 0 radical (unpaired) electrons. The van der Waals surface area contributed by atoms with Crippen LogP contribution < -0.4 is 5.32 Å². The molecular formula is C15H20N4O2. The molecule has 1 heterocycles. The Morgan fingerprint density at radius 3 is 2.67 bits per heavy atom. The van der Waals surface area contributed by atoms with Crippen molar-refractivity contribution < 1.29 is 9.90 Å². The van der Waals surface area contributed by atoms with Crippen LogP contribution in [0.15, 0.2) is 43.0 Å². The maximum absolute atomic E-state index is 11.7. The number of hydrogen-bond acceptors (Lipinski definition) is 3. The zero-order valence-corrected chi connectivity index (χ0v) is 12.1. The van der Waals surface area contributed by atoms with Crippen LogP contribution in [-0.2, 0) is 13.1 Å². The van der Waals surface area contributed by atoms with Crippen molar-refractivity contribution in [2.24, 2.45) is 0 Å². The zero-order valence-electron chi connectivity index (χ0n) is 12.1. The number of nitrogens with zero attached hydrogens (tertiary/aromatic N) is 3. The largest absolute Gasteiger partial charge is 0.395 e. The Kier molecular flexibility index (Phi) is 5.34. The molecule has 2 amide bonds. The first-order valence-corrected chi connectivity index (χ1v) is 6.82. The van der Waals surface area contributed by atoms with Gasteiger partial charge in [0.15, 0.2) is 0 Å². The fourth-order valence-corrected chi connectivity index (χ4v) is 1.92. The van der Waals surface area contributed by atoms with Crippen LogP contribution >= 0.6 is 0 Å². The van der Waals surface area contributed by atoms with Crippen molar-refractivity contribution >= 4 is 6.03 Å². The maximum Gasteiger partial charge on any atom is 0.317 e. The lowest BCUT2D eigenvalue weighted by atomic mass is 10.1. The molecule has 6 heteroatoms. The Morgan fingerprint density at radius 2 is 2.05 bits per heavy atom. The molecule has 0 aliphatic heterocycles. The first kappa shape index (κ1) is 15.1. The Morgan fingerprint density at radius 1 is 1.33 bits per heavy atom. The summed E-state index contributed by atoms with van der Waals surface area (Å²) in [6, 6.07) is 7.89. The van der Waals surface area contributed by atoms with Gasteiger partial charge < -0.3 is 19.9 Å². The van der Waals surface area contributed by atoms with Gasteiger partial charge in [0.05, 0.1) is 12.9 Å². The summed E-state index contributed by atoms with van der Waals surface area (Å²) < 4.78 is 2.00. The van der Waals surface area contributed by atoms with Crippen LogP contribution in [0.4, 0.5) is 4.79 Å². The third-order valence-corrected chi connectivity index (χ3v) is 3.17. The molecule has 0 aliphatic rings. The number of rotatable bonds is 6. The fraction of sp³-hybridized carbons (Fsp3) is 0.333. The van der Waals surface area contributed by atoms with Gasteiger partial charge in [0.2, 0.25) is 0 Å². The smallest absolute Gasteiger partial charge is 0.317 e. The second-order valence-corrected chi connectivity index (χ2v) is 4.86. The third kappa shape index (κ3) is 4.61. The molecule has 0 fully saturated rings. The lowest BCUT2D eigenvalue weighted by Gasteiger charge is -2.16. The zero-order chi connectivity index (χ0) is 15.1. The van der Waals surface area contributed by atoms with E-state index >= 15 is 0 Å². The van der Waals surface area contributed by atoms with Crippen molar-refractivity contribution in [1.29, 1.82) is 0 Å². The quantitative estimate of drug-likeness (QED) is 0.835. The average molecular weight is 288 g/mol. The van der Waals surface area contributed by atoms with Crippen LogP contribution in [0.3, 0.4) is 0 Å². The molecule has 0 bridgehead atoms. The number of nitrogens with one attached hydrogen (secondary N) is 1. The molecule has 2 rings (SSSR count). The van der Waals surface area contributed by atoms with Crippen LogP contribution in [0.1, 0.15) is 11.1 Å². The highest BCUT2D eigenvalue weighted by Gasteiger charge is 2.06. The normalized spacial score (nSPS) is 10.4. The van der Waals surface area contributed by atoms with Crippen LogP contribution in [0.25, 0.3) is 0 Å². The first-order valence-electron chi connectivity index (χ1n) is 6.82. The molecule has 6 nitrogen and oxygen atoms in total. The number of aromatic nitrogens is 2. The number of aliphatic hydroxyl groups is 1. The Labute approximate surface area is 124 Å². The van der Waals surface area contributed by atoms with Crippen molar-refractivity contribution in [3.05, 3.63) is 54.1 Å². The molecule has 0 saturated carbocycles. The second-order valence-electron chi connectivity index (χ2n) is 4.86. The van der Waals surface area contributed by atoms with Crippen molar-refractivity contribution in [3.8, 4) is 0 Å². The number of aliphatic hydroxyl groups excluding tert-OH is 1. The van der Waals surface area contributed by atoms with Gasteiger partial charge in [0, 0.05) is 39.1 Å². The van der Waals surface area contributed by atoms with E-state index in [1.54, 1.807) is 19.6 Å². The molecule has 1 aromatic heterocycles. The summed E-state index contributed by atoms with van der Waals surface area (Å²) in [5.41, 5.74) is 2.22. The highest BCUT2D eigenvalue weighted by Crippen LogP contribution is 2.06. The molecule has 0 spiro atoms. The molecule has 0 saturated heterocycles. The lowest BCUT2D eigenvalue weighted by Crippen LogP contribution is -2.38. The summed E-state index contributed by atoms with van der Waals surface area (Å²) >= 11 is 0. The summed E-state index contributed by atoms with van der Waals surface area (Å²) in [4.78, 5) is 17.1. The second kappa shape index (κ2) is 7.44. The predicted octanol–water partition coefficient (Wildman–Crippen LogP) is 1.07. The molecule has 2 aromatic rings. The number of carbonyl (C=O) groups is 1. The van der Waals surface area contributed by atoms with E-state index in [2.05, 4.69) is 10.3 Å². The summed E-state index contributed by atoms with van der Waals surface area (Å²) in [6.07, 6.45) is 5.46. The average Bonchev–Trinajstić information content (AvgIpc) is 2.99. The van der Waals surface area contributed by atoms with Crippen molar-refractivity contribution in [3.63, 3.8) is 0 Å². The van der Waals surface area contributed by atoms with E-state index in [4.69, 9.17) is 5.11 Å². The number of hydrogen-bond donors (Lipinski definition) is 2. The van der Waals surface area contributed by atoms with E-state index < -0.39 is 0 Å². The molecule has 21 heavy (non-hydrogen) atoms. The predicted molar refractivity (Wildman–Crippen MR) is 79.7 cm³/mol. The minimum atomic E-state index is -0.188. The molecule has 0 unspecified atom stereocenters. The Bertz CT molecular complexity index is 552. The monoisotopic (exact) mass is 288 g/mol. The number of urea groups is 1. The van der Waals surface area contributed by atoms with E-state index in [9.17, 15) is 4.79 Å². The summed E-state index contributed by atoms with van der Waals surface area (Å²) in [5.74, 6) is 0. The van der Waals surface area contributed by atoms with E-state index in [-0.39, 0.29) is 12.6 Å². The molecular weight excluding hydrogens is 268 g/mol. The number of likely N-dealkylation sites (N-methyl/N-ethyl adjacent to an activating group) is 1. The lowest BCUT2D eigenvalue weighted by molar-refractivity contribution is 0.190. The van der Waals surface area contributed by atoms with Crippen LogP contribution in [-0.4, -0.2) is 45.8 Å². The molecule has 0 aliphatic carbocycles. The fourth-order valence-electron chi connectivity index (χ4n) is 1.92. The molecule has 1 aromatic carbocycles. The Hall–Kier alpha value is -2.34. The number of amides is 2. The van der Waals surface area contributed by atoms with Gasteiger partial charge in [-0.25, -0.2) is 9.78 Å². The Balaban J connectivity index is 1.83. The van der Waals surface area contributed by atoms with Crippen LogP contribution in [0, 0.1) is 0 Å². The minimum Gasteiger partial charge on any atom is -0.395 e. The highest BCUT2D eigenvalue weighted by molar-refractivity contribution is 5.73. The van der Waals surface area contributed by atoms with Gasteiger partial charge in [0.1, 0.15) is 0 Å². The number of carbonyl (C=O) groups excluding carboxylic acids is 1. The molecule has 112 valence electrons. The van der Waals surface area contributed by atoms with Crippen LogP contribution in [0.2, 0.25) is 0 Å². The molecule has 0 atom stereocenters. The van der Waals surface area contributed by atoms with Crippen molar-refractivity contribution in [1.82, 2.24) is 19.8 Å². The summed E-state index contributed by atoms with van der Waals surface area (Å²) in [6.45, 7) is 1.55. The van der Waals surface area contributed by atoms with Gasteiger partial charge >= 0.3 is 6.03 Å². The van der Waals surface area contributed by atoms with Gasteiger partial charge in [-0.3, -0.25) is 0 Å². The van der Waals surface area contributed by atoms with Gasteiger partial charge in [-0.15, -0.1) is 0 Å². The van der Waals surface area contributed by atoms with Crippen LogP contribution in [0.5, 0.6) is 0 Å². The molecule has 2 N–H and O–H groups in total. The summed E-state index contributed by atoms with van der Waals surface area (Å²) in [5, 5.41) is 11.6. The van der Waals surface area contributed by atoms with Crippen molar-refractivity contribution in [2.45, 2.75) is 13.1 Å². The maximum atomic E-state index is 11.7. The standard InChI is InChI=1S/C15H20N4O2/c1-18(8-9-20)15(21)17-10-13-2-4-14(5-3-13)11-19-7-6-16-12-19/h2-7,12,20H,8-11H2,1H3,(H,17,21). The number of imidazole rings is 1. The van der Waals surface area contributed by atoms with Gasteiger partial charge in [-0.2, -0.15) is 0 Å². The van der Waals surface area contributed by atoms with Crippen molar-refractivity contribution in [2.75, 3.05) is 20.2 Å². The van der Waals surface area contributed by atoms with E-state index in [0.29, 0.717) is 13.1 Å². The minimum absolute atomic E-state index is 0.0349. The highest BCUT2D eigenvalue weighted by atomic mass is 16.3. The first-order chi connectivity index (χ1) is 10.2. The third-order valence-electron chi connectivity index (χ3n) is 3.17. The van der Waals surface area contributed by atoms with E-state index in [0.717, 1.165) is 12.1 Å². The van der Waals surface area contributed by atoms with Gasteiger partial charge in [0.25, 0.3) is 0 Å². The van der Waals surface area contributed by atoms with Gasteiger partial charge in [-0.1, -0.05) is 24.3 Å². The van der Waals surface area contributed by atoms with E-state index in [1.165, 1.54) is 10.5 Å². The summed E-state index contributed by atoms with van der Waals surface area (Å²) in [7, 11) is 1.65. The number of benzene rings is 1. The van der Waals surface area contributed by atoms with Gasteiger partial charge in [-0.05, 0) is 11.1 Å². The van der Waals surface area contributed by atoms with E-state index in [1.807, 2.05) is 35.0 Å². The topological polar surface area (TPSA) is 70.4 Å². The SMILES string of the molecule is CN(CCO)C(=O)NCc1ccc(Cn2ccnc2)cc1.